The lowest BCUT2D eigenvalue weighted by atomic mass is 9.96. The fourth-order valence-electron chi connectivity index (χ4n) is 2.62. The first-order chi connectivity index (χ1) is 9.83. The molecule has 0 amide bonds. The maximum absolute atomic E-state index is 12.5. The zero-order valence-corrected chi connectivity index (χ0v) is 14.6. The molecule has 0 heterocycles. The van der Waals surface area contributed by atoms with Crippen LogP contribution in [0.3, 0.4) is 0 Å². The topological polar surface area (TPSA) is 72.2 Å². The van der Waals surface area contributed by atoms with Gasteiger partial charge < -0.3 is 5.73 Å². The molecule has 7 heteroatoms. The third-order valence-electron chi connectivity index (χ3n) is 3.90. The van der Waals surface area contributed by atoms with E-state index in [9.17, 15) is 8.42 Å². The average molecular weight is 349 g/mol. The lowest BCUT2D eigenvalue weighted by molar-refractivity contribution is 0.420. The number of nitrogens with one attached hydrogen (secondary N) is 1. The molecular weight excluding hydrogens is 328 g/mol. The van der Waals surface area contributed by atoms with Crippen LogP contribution in [0.5, 0.6) is 0 Å². The van der Waals surface area contributed by atoms with Crippen LogP contribution < -0.4 is 10.5 Å². The number of rotatable bonds is 4. The standard InChI is InChI=1S/C14H21ClN2O2S2/c1-9-7-12(8-13(16)14(9)15)21(18,19)17-10-3-5-11(20-2)6-4-10/h7-8,10-11,17H,3-6,16H2,1-2H3. The molecule has 0 aliphatic heterocycles. The zero-order chi connectivity index (χ0) is 15.6. The molecule has 0 unspecified atom stereocenters. The van der Waals surface area contributed by atoms with Crippen LogP contribution in [0.2, 0.25) is 5.02 Å². The van der Waals surface area contributed by atoms with Crippen molar-refractivity contribution in [2.24, 2.45) is 0 Å². The van der Waals surface area contributed by atoms with Gasteiger partial charge in [0.05, 0.1) is 15.6 Å². The third-order valence-corrected chi connectivity index (χ3v) is 7.05. The van der Waals surface area contributed by atoms with Crippen LogP contribution in [0.25, 0.3) is 0 Å². The van der Waals surface area contributed by atoms with Crippen LogP contribution in [0, 0.1) is 6.92 Å². The van der Waals surface area contributed by atoms with Crippen molar-refractivity contribution < 1.29 is 8.42 Å². The molecule has 0 bridgehead atoms. The van der Waals surface area contributed by atoms with Crippen molar-refractivity contribution in [2.75, 3.05) is 12.0 Å². The number of thioether (sulfide) groups is 1. The highest BCUT2D eigenvalue weighted by Crippen LogP contribution is 2.29. The summed E-state index contributed by atoms with van der Waals surface area (Å²) in [6.07, 6.45) is 5.97. The van der Waals surface area contributed by atoms with Gasteiger partial charge in [0.2, 0.25) is 10.0 Å². The van der Waals surface area contributed by atoms with Gasteiger partial charge in [0.1, 0.15) is 0 Å². The van der Waals surface area contributed by atoms with Crippen LogP contribution in [0.1, 0.15) is 31.2 Å². The Balaban J connectivity index is 2.12. The number of hydrogen-bond donors (Lipinski definition) is 2. The summed E-state index contributed by atoms with van der Waals surface area (Å²) in [5.41, 5.74) is 6.72. The van der Waals surface area contributed by atoms with Crippen molar-refractivity contribution in [1.82, 2.24) is 4.72 Å². The molecule has 2 rings (SSSR count). The van der Waals surface area contributed by atoms with Crippen molar-refractivity contribution in [2.45, 2.75) is 48.8 Å². The van der Waals surface area contributed by atoms with E-state index in [4.69, 9.17) is 17.3 Å². The normalized spacial score (nSPS) is 23.2. The van der Waals surface area contributed by atoms with Crippen molar-refractivity contribution in [3.05, 3.63) is 22.7 Å². The smallest absolute Gasteiger partial charge is 0.240 e. The van der Waals surface area contributed by atoms with Crippen molar-refractivity contribution >= 4 is 39.1 Å². The Morgan fingerprint density at radius 2 is 1.90 bits per heavy atom. The Bertz CT molecular complexity index is 588. The number of nitrogen functional groups attached to an aromatic ring is 1. The summed E-state index contributed by atoms with van der Waals surface area (Å²) in [4.78, 5) is 0.189. The van der Waals surface area contributed by atoms with Gasteiger partial charge in [-0.2, -0.15) is 11.8 Å². The second-order valence-electron chi connectivity index (χ2n) is 5.47. The predicted molar refractivity (Wildman–Crippen MR) is 90.5 cm³/mol. The molecule has 1 aromatic carbocycles. The summed E-state index contributed by atoms with van der Waals surface area (Å²) in [6, 6.07) is 3.00. The summed E-state index contributed by atoms with van der Waals surface area (Å²) < 4.78 is 27.7. The number of aryl methyl sites for hydroxylation is 1. The highest BCUT2D eigenvalue weighted by atomic mass is 35.5. The SMILES string of the molecule is CSC1CCC(NS(=O)(=O)c2cc(C)c(Cl)c(N)c2)CC1. The Morgan fingerprint density at radius 3 is 2.43 bits per heavy atom. The van der Waals surface area contributed by atoms with Gasteiger partial charge in [-0.15, -0.1) is 0 Å². The molecule has 0 aromatic heterocycles. The fourth-order valence-corrected chi connectivity index (χ4v) is 4.90. The third kappa shape index (κ3) is 4.06. The van der Waals surface area contributed by atoms with Crippen molar-refractivity contribution in [3.8, 4) is 0 Å². The molecule has 0 radical (unpaired) electrons. The van der Waals surface area contributed by atoms with Gasteiger partial charge in [0.15, 0.2) is 0 Å². The van der Waals surface area contributed by atoms with E-state index >= 15 is 0 Å². The van der Waals surface area contributed by atoms with Gasteiger partial charge in [0.25, 0.3) is 0 Å². The van der Waals surface area contributed by atoms with Gasteiger partial charge in [0, 0.05) is 11.3 Å². The van der Waals surface area contributed by atoms with E-state index in [1.54, 1.807) is 13.0 Å². The first-order valence-electron chi connectivity index (χ1n) is 6.94. The zero-order valence-electron chi connectivity index (χ0n) is 12.2. The Kier molecular flexibility index (Phi) is 5.46. The summed E-state index contributed by atoms with van der Waals surface area (Å²) >= 11 is 7.84. The van der Waals surface area contributed by atoms with Gasteiger partial charge in [-0.05, 0) is 56.6 Å². The van der Waals surface area contributed by atoms with Gasteiger partial charge in [-0.1, -0.05) is 11.6 Å². The van der Waals surface area contributed by atoms with E-state index in [-0.39, 0.29) is 10.9 Å². The highest BCUT2D eigenvalue weighted by Gasteiger charge is 2.26. The molecule has 0 spiro atoms. The molecule has 118 valence electrons. The number of halogens is 1. The average Bonchev–Trinajstić information content (AvgIpc) is 2.44. The monoisotopic (exact) mass is 348 g/mol. The Labute approximate surface area is 135 Å². The van der Waals surface area contributed by atoms with Gasteiger partial charge >= 0.3 is 0 Å². The molecule has 0 atom stereocenters. The second kappa shape index (κ2) is 6.77. The summed E-state index contributed by atoms with van der Waals surface area (Å²) in [6.45, 7) is 1.75. The quantitative estimate of drug-likeness (QED) is 0.820. The highest BCUT2D eigenvalue weighted by molar-refractivity contribution is 7.99. The number of hydrogen-bond acceptors (Lipinski definition) is 4. The lowest BCUT2D eigenvalue weighted by Gasteiger charge is -2.27. The number of sulfonamides is 1. The van der Waals surface area contributed by atoms with Gasteiger partial charge in [-0.3, -0.25) is 0 Å². The molecule has 3 N–H and O–H groups in total. The maximum Gasteiger partial charge on any atom is 0.240 e. The molecule has 0 saturated heterocycles. The predicted octanol–water partition coefficient (Wildman–Crippen LogP) is 3.18. The van der Waals surface area contributed by atoms with Crippen molar-refractivity contribution in [3.63, 3.8) is 0 Å². The molecule has 1 aliphatic carbocycles. The van der Waals surface area contributed by atoms with E-state index in [1.807, 2.05) is 11.8 Å². The molecule has 1 saturated carbocycles. The van der Waals surface area contributed by atoms with Crippen molar-refractivity contribution in [1.29, 1.82) is 0 Å². The largest absolute Gasteiger partial charge is 0.397 e. The van der Waals surface area contributed by atoms with Crippen LogP contribution in [0.15, 0.2) is 17.0 Å². The van der Waals surface area contributed by atoms with E-state index < -0.39 is 10.0 Å². The van der Waals surface area contributed by atoms with E-state index in [2.05, 4.69) is 11.0 Å². The van der Waals surface area contributed by atoms with E-state index in [1.165, 1.54) is 6.07 Å². The van der Waals surface area contributed by atoms with Crippen LogP contribution in [0.4, 0.5) is 5.69 Å². The lowest BCUT2D eigenvalue weighted by Crippen LogP contribution is -2.38. The number of benzene rings is 1. The van der Waals surface area contributed by atoms with E-state index in [0.29, 0.717) is 21.5 Å². The van der Waals surface area contributed by atoms with E-state index in [0.717, 1.165) is 25.7 Å². The van der Waals surface area contributed by atoms with Gasteiger partial charge in [-0.25, -0.2) is 13.1 Å². The van der Waals surface area contributed by atoms with Crippen LogP contribution >= 0.6 is 23.4 Å². The fraction of sp³-hybridized carbons (Fsp3) is 0.571. The Morgan fingerprint density at radius 1 is 1.29 bits per heavy atom. The van der Waals surface area contributed by atoms with Crippen LogP contribution in [-0.2, 0) is 10.0 Å². The first kappa shape index (κ1) is 16.9. The minimum absolute atomic E-state index is 0.00982. The maximum atomic E-state index is 12.5. The summed E-state index contributed by atoms with van der Waals surface area (Å²) in [7, 11) is -3.54. The minimum atomic E-state index is -3.54. The molecule has 1 aromatic rings. The van der Waals surface area contributed by atoms with Crippen LogP contribution in [-0.4, -0.2) is 26.0 Å². The molecule has 21 heavy (non-hydrogen) atoms. The minimum Gasteiger partial charge on any atom is -0.397 e. The molecule has 1 fully saturated rings. The Hall–Kier alpha value is -0.430. The second-order valence-corrected chi connectivity index (χ2v) is 8.70. The number of anilines is 1. The molecular formula is C14H21ClN2O2S2. The first-order valence-corrected chi connectivity index (χ1v) is 10.1. The summed E-state index contributed by atoms with van der Waals surface area (Å²) in [5.74, 6) is 0. The molecule has 1 aliphatic rings. The number of nitrogens with two attached hydrogens (primary N) is 1. The summed E-state index contributed by atoms with van der Waals surface area (Å²) in [5, 5.41) is 1.06. The molecule has 4 nitrogen and oxygen atoms in total.